The third-order valence-corrected chi connectivity index (χ3v) is 5.91. The molecule has 3 rings (SSSR count). The molecule has 21 heavy (non-hydrogen) atoms. The summed E-state index contributed by atoms with van der Waals surface area (Å²) in [4.78, 5) is 14.4. The number of anilines is 1. The minimum absolute atomic E-state index is 0.189. The Morgan fingerprint density at radius 1 is 1.10 bits per heavy atom. The summed E-state index contributed by atoms with van der Waals surface area (Å²) in [6, 6.07) is 7.64. The van der Waals surface area contributed by atoms with E-state index in [2.05, 4.69) is 11.2 Å². The smallest absolute Gasteiger partial charge is 0.227 e. The van der Waals surface area contributed by atoms with Crippen molar-refractivity contribution in [1.29, 1.82) is 0 Å². The molecule has 2 aliphatic heterocycles. The first-order valence-electron chi connectivity index (χ1n) is 7.72. The third kappa shape index (κ3) is 3.19. The molecule has 5 heteroatoms. The van der Waals surface area contributed by atoms with E-state index in [1.54, 1.807) is 0 Å². The Balaban J connectivity index is 1.69. The van der Waals surface area contributed by atoms with Gasteiger partial charge in [-0.25, -0.2) is 8.51 Å². The molecule has 0 radical (unpaired) electrons. The topological polar surface area (TPSA) is 40.6 Å². The maximum Gasteiger partial charge on any atom is 0.227 e. The van der Waals surface area contributed by atoms with Gasteiger partial charge >= 0.3 is 0 Å². The average molecular weight is 306 g/mol. The lowest BCUT2D eigenvalue weighted by Gasteiger charge is -2.29. The van der Waals surface area contributed by atoms with E-state index in [-0.39, 0.29) is 5.91 Å². The first-order chi connectivity index (χ1) is 10.1. The van der Waals surface area contributed by atoms with Crippen LogP contribution in [0.1, 0.15) is 32.6 Å². The van der Waals surface area contributed by atoms with Crippen LogP contribution >= 0.6 is 0 Å². The van der Waals surface area contributed by atoms with Gasteiger partial charge in [-0.05, 0) is 49.4 Å². The Morgan fingerprint density at radius 3 is 2.33 bits per heavy atom. The molecule has 1 unspecified atom stereocenters. The fourth-order valence-corrected chi connectivity index (χ4v) is 4.17. The number of hydrogen-bond acceptors (Lipinski definition) is 2. The highest BCUT2D eigenvalue weighted by Crippen LogP contribution is 2.25. The second-order valence-corrected chi connectivity index (χ2v) is 7.49. The Morgan fingerprint density at radius 2 is 1.76 bits per heavy atom. The van der Waals surface area contributed by atoms with Gasteiger partial charge in [0.1, 0.15) is 11.0 Å². The molecule has 0 aliphatic carbocycles. The maximum atomic E-state index is 12.6. The second-order valence-electron chi connectivity index (χ2n) is 6.00. The Hall–Kier alpha value is -1.20. The van der Waals surface area contributed by atoms with Crippen molar-refractivity contribution in [3.05, 3.63) is 24.3 Å². The molecule has 2 aliphatic rings. The van der Waals surface area contributed by atoms with Crippen molar-refractivity contribution in [3.8, 4) is 0 Å². The van der Waals surface area contributed by atoms with Gasteiger partial charge < -0.3 is 4.90 Å². The van der Waals surface area contributed by atoms with Crippen molar-refractivity contribution < 1.29 is 9.00 Å². The number of benzene rings is 1. The summed E-state index contributed by atoms with van der Waals surface area (Å²) in [6.45, 7) is 4.85. The van der Waals surface area contributed by atoms with Crippen LogP contribution in [0, 0.1) is 5.92 Å². The van der Waals surface area contributed by atoms with Crippen molar-refractivity contribution in [2.24, 2.45) is 5.92 Å². The van der Waals surface area contributed by atoms with Crippen molar-refractivity contribution in [1.82, 2.24) is 4.31 Å². The SMILES string of the molecule is CC1CCN(S(=O)c2ccc(N3CCCC3=O)cc2)CC1. The highest BCUT2D eigenvalue weighted by Gasteiger charge is 2.23. The zero-order chi connectivity index (χ0) is 14.8. The predicted octanol–water partition coefficient (Wildman–Crippen LogP) is 2.57. The normalized spacial score (nSPS) is 22.7. The number of piperidine rings is 1. The van der Waals surface area contributed by atoms with Crippen LogP contribution in [-0.2, 0) is 15.8 Å². The summed E-state index contributed by atoms with van der Waals surface area (Å²) in [5.74, 6) is 0.927. The van der Waals surface area contributed by atoms with E-state index in [0.717, 1.165) is 55.4 Å². The van der Waals surface area contributed by atoms with Gasteiger partial charge in [-0.15, -0.1) is 0 Å². The predicted molar refractivity (Wildman–Crippen MR) is 84.4 cm³/mol. The number of rotatable bonds is 3. The van der Waals surface area contributed by atoms with Gasteiger partial charge in [0.2, 0.25) is 5.91 Å². The maximum absolute atomic E-state index is 12.6. The summed E-state index contributed by atoms with van der Waals surface area (Å²) in [5, 5.41) is 0. The zero-order valence-electron chi connectivity index (χ0n) is 12.5. The molecule has 1 aromatic rings. The highest BCUT2D eigenvalue weighted by molar-refractivity contribution is 7.82. The second kappa shape index (κ2) is 6.28. The molecule has 114 valence electrons. The molecule has 0 N–H and O–H groups in total. The van der Waals surface area contributed by atoms with E-state index in [1.807, 2.05) is 29.2 Å². The molecule has 0 bridgehead atoms. The van der Waals surface area contributed by atoms with Gasteiger partial charge in [0, 0.05) is 31.7 Å². The van der Waals surface area contributed by atoms with Gasteiger partial charge in [0.25, 0.3) is 0 Å². The molecule has 2 fully saturated rings. The van der Waals surface area contributed by atoms with Crippen molar-refractivity contribution in [2.45, 2.75) is 37.5 Å². The molecule has 2 heterocycles. The number of amides is 1. The van der Waals surface area contributed by atoms with E-state index in [0.29, 0.717) is 6.42 Å². The number of hydrogen-bond donors (Lipinski definition) is 0. The summed E-state index contributed by atoms with van der Waals surface area (Å²) in [5.41, 5.74) is 0.922. The van der Waals surface area contributed by atoms with Crippen LogP contribution in [0.15, 0.2) is 29.2 Å². The van der Waals surface area contributed by atoms with Crippen molar-refractivity contribution in [2.75, 3.05) is 24.5 Å². The summed E-state index contributed by atoms with van der Waals surface area (Å²) in [6.07, 6.45) is 3.80. The fraction of sp³-hybridized carbons (Fsp3) is 0.562. The van der Waals surface area contributed by atoms with E-state index in [1.165, 1.54) is 0 Å². The van der Waals surface area contributed by atoms with Crippen LogP contribution in [0.2, 0.25) is 0 Å². The van der Waals surface area contributed by atoms with E-state index >= 15 is 0 Å². The fourth-order valence-electron chi connectivity index (χ4n) is 2.96. The minimum atomic E-state index is -1.07. The largest absolute Gasteiger partial charge is 0.312 e. The molecular formula is C16H22N2O2S. The quantitative estimate of drug-likeness (QED) is 0.861. The Bertz CT molecular complexity index is 536. The highest BCUT2D eigenvalue weighted by atomic mass is 32.2. The first kappa shape index (κ1) is 14.7. The molecule has 2 saturated heterocycles. The lowest BCUT2D eigenvalue weighted by atomic mass is 10.0. The molecule has 0 saturated carbocycles. The summed E-state index contributed by atoms with van der Waals surface area (Å²) in [7, 11) is -1.07. The minimum Gasteiger partial charge on any atom is -0.312 e. The molecule has 0 aromatic heterocycles. The number of carbonyl (C=O) groups is 1. The standard InChI is InChI=1S/C16H22N2O2S/c1-13-8-11-17(12-9-13)21(20)15-6-4-14(5-7-15)18-10-2-3-16(18)19/h4-7,13H,2-3,8-12H2,1H3. The van der Waals surface area contributed by atoms with Gasteiger partial charge in [0.15, 0.2) is 0 Å². The summed E-state index contributed by atoms with van der Waals surface area (Å²) < 4.78 is 14.6. The van der Waals surface area contributed by atoms with Crippen LogP contribution in [0.25, 0.3) is 0 Å². The molecule has 1 atom stereocenters. The number of nitrogens with zero attached hydrogens (tertiary/aromatic N) is 2. The van der Waals surface area contributed by atoms with Crippen LogP contribution in [-0.4, -0.2) is 34.1 Å². The van der Waals surface area contributed by atoms with Crippen LogP contribution in [0.3, 0.4) is 0 Å². The summed E-state index contributed by atoms with van der Waals surface area (Å²) >= 11 is 0. The lowest BCUT2D eigenvalue weighted by molar-refractivity contribution is -0.117. The Labute approximate surface area is 128 Å². The monoisotopic (exact) mass is 306 g/mol. The zero-order valence-corrected chi connectivity index (χ0v) is 13.3. The van der Waals surface area contributed by atoms with E-state index < -0.39 is 11.0 Å². The molecular weight excluding hydrogens is 284 g/mol. The van der Waals surface area contributed by atoms with Gasteiger partial charge in [-0.3, -0.25) is 4.79 Å². The molecule has 4 nitrogen and oxygen atoms in total. The van der Waals surface area contributed by atoms with Crippen molar-refractivity contribution in [3.63, 3.8) is 0 Å². The molecule has 1 amide bonds. The number of carbonyl (C=O) groups excluding carboxylic acids is 1. The molecule has 0 spiro atoms. The van der Waals surface area contributed by atoms with Gasteiger partial charge in [-0.2, -0.15) is 0 Å². The molecule has 1 aromatic carbocycles. The van der Waals surface area contributed by atoms with Crippen LogP contribution in [0.5, 0.6) is 0 Å². The van der Waals surface area contributed by atoms with Gasteiger partial charge in [-0.1, -0.05) is 6.92 Å². The van der Waals surface area contributed by atoms with Crippen LogP contribution < -0.4 is 4.90 Å². The third-order valence-electron chi connectivity index (χ3n) is 4.40. The first-order valence-corrected chi connectivity index (χ1v) is 8.83. The van der Waals surface area contributed by atoms with E-state index in [4.69, 9.17) is 0 Å². The average Bonchev–Trinajstić information content (AvgIpc) is 2.94. The van der Waals surface area contributed by atoms with Crippen LogP contribution in [0.4, 0.5) is 5.69 Å². The Kier molecular flexibility index (Phi) is 4.40. The van der Waals surface area contributed by atoms with Crippen molar-refractivity contribution >= 4 is 22.6 Å². The lowest BCUT2D eigenvalue weighted by Crippen LogP contribution is -2.34. The van der Waals surface area contributed by atoms with Gasteiger partial charge in [0.05, 0.1) is 4.90 Å². The van der Waals surface area contributed by atoms with E-state index in [9.17, 15) is 9.00 Å².